The number of rotatable bonds is 16. The smallest absolute Gasteiger partial charge is 0.214 e. The molecule has 0 saturated carbocycles. The van der Waals surface area contributed by atoms with Crippen molar-refractivity contribution in [2.24, 2.45) is 0 Å². The summed E-state index contributed by atoms with van der Waals surface area (Å²) in [5.41, 5.74) is 2.83. The highest BCUT2D eigenvalue weighted by molar-refractivity contribution is 8.00. The average molecular weight is 606 g/mol. The van der Waals surface area contributed by atoms with Gasteiger partial charge in [0.05, 0.1) is 21.5 Å². The van der Waals surface area contributed by atoms with Crippen LogP contribution in [0.4, 0.5) is 0 Å². The Labute approximate surface area is 255 Å². The van der Waals surface area contributed by atoms with Crippen LogP contribution in [0.5, 0.6) is 11.8 Å². The number of benzene rings is 2. The van der Waals surface area contributed by atoms with Crippen molar-refractivity contribution < 1.29 is 15.0 Å². The summed E-state index contributed by atoms with van der Waals surface area (Å²) < 4.78 is 3.08. The van der Waals surface area contributed by atoms with Crippen molar-refractivity contribution in [1.29, 1.82) is 0 Å². The van der Waals surface area contributed by atoms with Gasteiger partial charge in [0.25, 0.3) is 0 Å². The zero-order valence-corrected chi connectivity index (χ0v) is 25.7. The molecule has 0 aliphatic heterocycles. The molecule has 2 aromatic heterocycles. The van der Waals surface area contributed by atoms with Crippen LogP contribution in [0, 0.1) is 0 Å². The van der Waals surface area contributed by atoms with Gasteiger partial charge in [-0.05, 0) is 52.8 Å². The molecule has 2 aromatic carbocycles. The second-order valence-corrected chi connectivity index (χ2v) is 13.0. The number of hydrogen-bond donors (Lipinski definition) is 2. The molecule has 5 rings (SSSR count). The van der Waals surface area contributed by atoms with E-state index in [4.69, 9.17) is 0 Å². The minimum Gasteiger partial charge on any atom is -0.494 e. The summed E-state index contributed by atoms with van der Waals surface area (Å²) in [7, 11) is 0. The second kappa shape index (κ2) is 14.8. The molecule has 0 saturated heterocycles. The largest absolute Gasteiger partial charge is 0.494 e. The lowest BCUT2D eigenvalue weighted by Gasteiger charge is -2.12. The van der Waals surface area contributed by atoms with E-state index in [2.05, 4.69) is 22.4 Å². The number of aromatic nitrogens is 5. The normalized spacial score (nSPS) is 14.5. The van der Waals surface area contributed by atoms with Crippen molar-refractivity contribution >= 4 is 29.3 Å². The number of para-hydroxylation sites is 1. The Kier molecular flexibility index (Phi) is 10.6. The van der Waals surface area contributed by atoms with Gasteiger partial charge in [0.2, 0.25) is 11.0 Å². The number of ketones is 1. The number of aromatic hydroxyl groups is 2. The third kappa shape index (κ3) is 7.03. The maximum atomic E-state index is 13.4. The molecule has 42 heavy (non-hydrogen) atoms. The second-order valence-electron chi connectivity index (χ2n) is 10.7. The van der Waals surface area contributed by atoms with Gasteiger partial charge in [-0.15, -0.1) is 16.9 Å². The molecule has 0 bridgehead atoms. The maximum Gasteiger partial charge on any atom is 0.214 e. The molecule has 1 unspecified atom stereocenters. The van der Waals surface area contributed by atoms with Crippen LogP contribution in [0.15, 0.2) is 64.6 Å². The lowest BCUT2D eigenvalue weighted by molar-refractivity contribution is 0.1000. The monoisotopic (exact) mass is 605 g/mol. The first kappa shape index (κ1) is 30.2. The average Bonchev–Trinajstić information content (AvgIpc) is 3.68. The molecule has 1 aliphatic rings. The van der Waals surface area contributed by atoms with Crippen molar-refractivity contribution in [2.75, 3.05) is 5.75 Å². The fraction of sp³-hybridized carbons (Fsp3) is 0.438. The van der Waals surface area contributed by atoms with Gasteiger partial charge in [-0.3, -0.25) is 9.36 Å². The van der Waals surface area contributed by atoms with Gasteiger partial charge in [-0.1, -0.05) is 107 Å². The predicted octanol–water partition coefficient (Wildman–Crippen LogP) is 7.78. The Balaban J connectivity index is 1.19. The van der Waals surface area contributed by atoms with Gasteiger partial charge in [-0.25, -0.2) is 0 Å². The maximum absolute atomic E-state index is 13.4. The summed E-state index contributed by atoms with van der Waals surface area (Å²) in [6.07, 6.45) is 13.2. The Morgan fingerprint density at radius 1 is 0.905 bits per heavy atom. The van der Waals surface area contributed by atoms with E-state index in [1.165, 1.54) is 74.1 Å². The third-order valence-electron chi connectivity index (χ3n) is 7.71. The third-order valence-corrected chi connectivity index (χ3v) is 9.94. The first-order valence-corrected chi connectivity index (χ1v) is 16.9. The van der Waals surface area contributed by atoms with Gasteiger partial charge in [0, 0.05) is 11.6 Å². The van der Waals surface area contributed by atoms with Gasteiger partial charge < -0.3 is 10.2 Å². The van der Waals surface area contributed by atoms with Crippen LogP contribution in [0.25, 0.3) is 11.4 Å². The zero-order valence-electron chi connectivity index (χ0n) is 24.1. The van der Waals surface area contributed by atoms with Gasteiger partial charge >= 0.3 is 0 Å². The van der Waals surface area contributed by atoms with Crippen LogP contribution in [-0.4, -0.2) is 51.8 Å². The standard InChI is InChI=1S/C32H39N5O3S2/c1-2-3-4-5-6-7-8-9-10-14-20-41-28-22-29(38)36(31(28)40)26-19-15-18-24-25(26)21-27(30(24)39)42-32-33-34-35-37(32)23-16-12-11-13-17-23/h11-13,15-19,22,27,38,40H,2-10,14,20-21H2,1H3. The molecule has 4 aromatic rings. The van der Waals surface area contributed by atoms with Gasteiger partial charge in [0.1, 0.15) is 0 Å². The zero-order chi connectivity index (χ0) is 29.3. The van der Waals surface area contributed by atoms with E-state index >= 15 is 0 Å². The summed E-state index contributed by atoms with van der Waals surface area (Å²) in [6.45, 7) is 2.25. The summed E-state index contributed by atoms with van der Waals surface area (Å²) in [4.78, 5) is 14.1. The van der Waals surface area contributed by atoms with Crippen LogP contribution >= 0.6 is 23.5 Å². The number of tetrazole rings is 1. The molecule has 2 heterocycles. The van der Waals surface area contributed by atoms with Crippen molar-refractivity contribution in [3.63, 3.8) is 0 Å². The van der Waals surface area contributed by atoms with E-state index in [0.717, 1.165) is 23.4 Å². The molecule has 222 valence electrons. The van der Waals surface area contributed by atoms with Crippen LogP contribution in [0.1, 0.15) is 87.1 Å². The molecule has 2 N–H and O–H groups in total. The van der Waals surface area contributed by atoms with Crippen molar-refractivity contribution in [3.05, 3.63) is 65.7 Å². The lowest BCUT2D eigenvalue weighted by atomic mass is 10.1. The van der Waals surface area contributed by atoms with Gasteiger partial charge in [-0.2, -0.15) is 4.68 Å². The molecular formula is C32H39N5O3S2. The molecule has 0 amide bonds. The Morgan fingerprint density at radius 3 is 2.36 bits per heavy atom. The molecule has 0 spiro atoms. The SMILES string of the molecule is CCCCCCCCCCCCSc1cc(O)n(-c2cccc3c2CC(Sc2nnnn2-c2ccccc2)C3=O)c1O. The molecule has 0 radical (unpaired) electrons. The molecule has 10 heteroatoms. The molecule has 8 nitrogen and oxygen atoms in total. The Hall–Kier alpha value is -3.24. The number of hydrogen-bond acceptors (Lipinski definition) is 8. The van der Waals surface area contributed by atoms with E-state index < -0.39 is 5.25 Å². The number of Topliss-reactive ketones (excluding diaryl/α,β-unsaturated/α-hetero) is 1. The number of carbonyl (C=O) groups is 1. The summed E-state index contributed by atoms with van der Waals surface area (Å²) in [5.74, 6) is 0.840. The molecular weight excluding hydrogens is 567 g/mol. The van der Waals surface area contributed by atoms with E-state index in [1.807, 2.05) is 36.4 Å². The van der Waals surface area contributed by atoms with Gasteiger partial charge in [0.15, 0.2) is 11.7 Å². The Morgan fingerprint density at radius 2 is 1.62 bits per heavy atom. The highest BCUT2D eigenvalue weighted by Gasteiger charge is 2.35. The summed E-state index contributed by atoms with van der Waals surface area (Å²) in [6, 6.07) is 16.6. The highest BCUT2D eigenvalue weighted by Crippen LogP contribution is 2.42. The van der Waals surface area contributed by atoms with Crippen molar-refractivity contribution in [3.8, 4) is 23.1 Å². The van der Waals surface area contributed by atoms with Crippen LogP contribution in [-0.2, 0) is 6.42 Å². The van der Waals surface area contributed by atoms with E-state index in [0.29, 0.717) is 27.7 Å². The van der Waals surface area contributed by atoms with Crippen molar-refractivity contribution in [1.82, 2.24) is 24.8 Å². The number of carbonyl (C=O) groups excluding carboxylic acids is 1. The first-order valence-electron chi connectivity index (χ1n) is 15.0. The first-order chi connectivity index (χ1) is 20.6. The van der Waals surface area contributed by atoms with E-state index in [-0.39, 0.29) is 17.5 Å². The fourth-order valence-electron chi connectivity index (χ4n) is 5.47. The fourth-order valence-corrected chi connectivity index (χ4v) is 7.51. The summed E-state index contributed by atoms with van der Waals surface area (Å²) >= 11 is 2.89. The topological polar surface area (TPSA) is 106 Å². The van der Waals surface area contributed by atoms with E-state index in [9.17, 15) is 15.0 Å². The predicted molar refractivity (Wildman–Crippen MR) is 169 cm³/mol. The number of nitrogens with zero attached hydrogens (tertiary/aromatic N) is 5. The highest BCUT2D eigenvalue weighted by atomic mass is 32.2. The quantitative estimate of drug-likeness (QED) is 0.0985. The molecule has 1 atom stereocenters. The number of thioether (sulfide) groups is 2. The summed E-state index contributed by atoms with van der Waals surface area (Å²) in [5, 5.41) is 34.2. The van der Waals surface area contributed by atoms with E-state index in [1.54, 1.807) is 34.6 Å². The lowest BCUT2D eigenvalue weighted by Crippen LogP contribution is -2.13. The molecule has 1 aliphatic carbocycles. The minimum atomic E-state index is -0.417. The van der Waals surface area contributed by atoms with Crippen LogP contribution < -0.4 is 0 Å². The number of unbranched alkanes of at least 4 members (excludes halogenated alkanes) is 9. The van der Waals surface area contributed by atoms with Crippen LogP contribution in [0.2, 0.25) is 0 Å². The molecule has 0 fully saturated rings. The van der Waals surface area contributed by atoms with Crippen LogP contribution in [0.3, 0.4) is 0 Å². The number of fused-ring (bicyclic) bond motifs is 1. The Bertz CT molecular complexity index is 1470. The van der Waals surface area contributed by atoms with Crippen molar-refractivity contribution in [2.45, 2.75) is 92.9 Å². The minimum absolute atomic E-state index is 0.00884.